The molecule has 2 N–H and O–H groups in total. The van der Waals surface area contributed by atoms with Gasteiger partial charge in [-0.2, -0.15) is 0 Å². The van der Waals surface area contributed by atoms with Crippen LogP contribution in [0, 0.1) is 11.8 Å². The average molecular weight is 276 g/mol. The molecule has 2 unspecified atom stereocenters. The summed E-state index contributed by atoms with van der Waals surface area (Å²) in [5.41, 5.74) is 7.48. The van der Waals surface area contributed by atoms with E-state index in [1.807, 2.05) is 0 Å². The maximum absolute atomic E-state index is 6.22. The van der Waals surface area contributed by atoms with Gasteiger partial charge in [0.1, 0.15) is 5.75 Å². The van der Waals surface area contributed by atoms with Gasteiger partial charge < -0.3 is 15.4 Å². The Hall–Kier alpha value is -1.22. The Bertz CT molecular complexity index is 402. The molecule has 3 nitrogen and oxygen atoms in total. The smallest absolute Gasteiger partial charge is 0.119 e. The third-order valence-corrected chi connectivity index (χ3v) is 4.13. The summed E-state index contributed by atoms with van der Waals surface area (Å²) in [4.78, 5) is 2.42. The Morgan fingerprint density at radius 1 is 1.25 bits per heavy atom. The number of ether oxygens (including phenoxy) is 1. The molecule has 1 aromatic rings. The van der Waals surface area contributed by atoms with Crippen LogP contribution >= 0.6 is 0 Å². The molecule has 3 heteroatoms. The number of hydrogen-bond acceptors (Lipinski definition) is 3. The van der Waals surface area contributed by atoms with Crippen molar-refractivity contribution in [3.63, 3.8) is 0 Å². The molecule has 0 amide bonds. The molecule has 2 atom stereocenters. The van der Waals surface area contributed by atoms with E-state index >= 15 is 0 Å². The fraction of sp³-hybridized carbons (Fsp3) is 0.647. The number of rotatable bonds is 5. The molecule has 0 spiro atoms. The van der Waals surface area contributed by atoms with Gasteiger partial charge >= 0.3 is 0 Å². The third-order valence-electron chi connectivity index (χ3n) is 4.13. The van der Waals surface area contributed by atoms with Gasteiger partial charge in [0.2, 0.25) is 0 Å². The second-order valence-corrected chi connectivity index (χ2v) is 6.25. The lowest BCUT2D eigenvalue weighted by Gasteiger charge is -2.39. The summed E-state index contributed by atoms with van der Waals surface area (Å²) >= 11 is 0. The van der Waals surface area contributed by atoms with E-state index in [1.54, 1.807) is 0 Å². The molecular formula is C17H28N2O. The van der Waals surface area contributed by atoms with Gasteiger partial charge in [-0.15, -0.1) is 0 Å². The molecule has 1 aliphatic rings. The Kier molecular flexibility index (Phi) is 5.30. The highest BCUT2D eigenvalue weighted by molar-refractivity contribution is 5.49. The highest BCUT2D eigenvalue weighted by atomic mass is 16.5. The van der Waals surface area contributed by atoms with E-state index in [2.05, 4.69) is 49.9 Å². The van der Waals surface area contributed by atoms with Gasteiger partial charge in [-0.3, -0.25) is 0 Å². The van der Waals surface area contributed by atoms with Crippen LogP contribution in [0.4, 0.5) is 5.69 Å². The SMILES string of the molecule is CCCOc1ccc(N2CC(N)CC(C(C)C)C2)cc1. The van der Waals surface area contributed by atoms with Gasteiger partial charge in [-0.1, -0.05) is 20.8 Å². The highest BCUT2D eigenvalue weighted by Crippen LogP contribution is 2.28. The van der Waals surface area contributed by atoms with Gasteiger partial charge in [-0.25, -0.2) is 0 Å². The molecule has 2 rings (SSSR count). The first kappa shape index (κ1) is 15.2. The van der Waals surface area contributed by atoms with Crippen molar-refractivity contribution in [1.82, 2.24) is 0 Å². The number of nitrogens with zero attached hydrogens (tertiary/aromatic N) is 1. The van der Waals surface area contributed by atoms with Crippen LogP contribution < -0.4 is 15.4 Å². The number of nitrogens with two attached hydrogens (primary N) is 1. The maximum Gasteiger partial charge on any atom is 0.119 e. The molecule has 20 heavy (non-hydrogen) atoms. The fourth-order valence-corrected chi connectivity index (χ4v) is 2.85. The number of hydrogen-bond donors (Lipinski definition) is 1. The van der Waals surface area contributed by atoms with Crippen molar-refractivity contribution >= 4 is 5.69 Å². The lowest BCUT2D eigenvalue weighted by Crippen LogP contribution is -2.48. The standard InChI is InChI=1S/C17H28N2O/c1-4-9-20-17-7-5-16(6-8-17)19-11-14(13(2)3)10-15(18)12-19/h5-8,13-15H,4,9-12,18H2,1-3H3. The summed E-state index contributed by atoms with van der Waals surface area (Å²) in [6, 6.07) is 8.72. The van der Waals surface area contributed by atoms with Crippen molar-refractivity contribution in [2.24, 2.45) is 17.6 Å². The zero-order valence-electron chi connectivity index (χ0n) is 13.0. The molecular weight excluding hydrogens is 248 g/mol. The molecule has 0 aliphatic carbocycles. The largest absolute Gasteiger partial charge is 0.494 e. The van der Waals surface area contributed by atoms with E-state index in [-0.39, 0.29) is 6.04 Å². The Morgan fingerprint density at radius 3 is 2.55 bits per heavy atom. The predicted molar refractivity (Wildman–Crippen MR) is 85.4 cm³/mol. The number of benzene rings is 1. The Labute approximate surface area is 123 Å². The second-order valence-electron chi connectivity index (χ2n) is 6.25. The summed E-state index contributed by atoms with van der Waals surface area (Å²) in [7, 11) is 0. The van der Waals surface area contributed by atoms with Crippen LogP contribution in [0.25, 0.3) is 0 Å². The summed E-state index contributed by atoms with van der Waals surface area (Å²) in [6.45, 7) is 9.56. The van der Waals surface area contributed by atoms with Crippen molar-refractivity contribution < 1.29 is 4.74 Å². The minimum absolute atomic E-state index is 0.284. The predicted octanol–water partition coefficient (Wildman–Crippen LogP) is 3.29. The molecule has 1 fully saturated rings. The van der Waals surface area contributed by atoms with Crippen LogP contribution in [0.1, 0.15) is 33.6 Å². The van der Waals surface area contributed by atoms with Crippen LogP contribution in [0.2, 0.25) is 0 Å². The lowest BCUT2D eigenvalue weighted by molar-refractivity contribution is 0.298. The van der Waals surface area contributed by atoms with Gasteiger partial charge in [-0.05, 0) is 48.9 Å². The van der Waals surface area contributed by atoms with Crippen LogP contribution in [0.3, 0.4) is 0 Å². The van der Waals surface area contributed by atoms with E-state index in [0.717, 1.165) is 38.3 Å². The monoisotopic (exact) mass is 276 g/mol. The van der Waals surface area contributed by atoms with Crippen LogP contribution in [0.15, 0.2) is 24.3 Å². The minimum atomic E-state index is 0.284. The molecule has 0 aromatic heterocycles. The van der Waals surface area contributed by atoms with Gasteiger partial charge in [0.25, 0.3) is 0 Å². The lowest BCUT2D eigenvalue weighted by atomic mass is 9.85. The fourth-order valence-electron chi connectivity index (χ4n) is 2.85. The first-order chi connectivity index (χ1) is 9.60. The van der Waals surface area contributed by atoms with E-state index in [1.165, 1.54) is 5.69 Å². The first-order valence-corrected chi connectivity index (χ1v) is 7.83. The van der Waals surface area contributed by atoms with Crippen LogP contribution in [-0.2, 0) is 0 Å². The van der Waals surface area contributed by atoms with E-state index in [9.17, 15) is 0 Å². The molecule has 1 heterocycles. The van der Waals surface area contributed by atoms with Crippen molar-refractivity contribution in [2.75, 3.05) is 24.6 Å². The third kappa shape index (κ3) is 3.89. The van der Waals surface area contributed by atoms with Crippen molar-refractivity contribution in [1.29, 1.82) is 0 Å². The van der Waals surface area contributed by atoms with Gasteiger partial charge in [0, 0.05) is 24.8 Å². The topological polar surface area (TPSA) is 38.5 Å². The molecule has 0 saturated carbocycles. The molecule has 112 valence electrons. The summed E-state index contributed by atoms with van der Waals surface area (Å²) in [5.74, 6) is 2.34. The average Bonchev–Trinajstić information content (AvgIpc) is 2.45. The highest BCUT2D eigenvalue weighted by Gasteiger charge is 2.27. The van der Waals surface area contributed by atoms with Crippen molar-refractivity contribution in [3.05, 3.63) is 24.3 Å². The van der Waals surface area contributed by atoms with Crippen molar-refractivity contribution in [3.8, 4) is 5.75 Å². The summed E-state index contributed by atoms with van der Waals surface area (Å²) < 4.78 is 5.63. The van der Waals surface area contributed by atoms with Gasteiger partial charge in [0.05, 0.1) is 6.61 Å². The molecule has 1 aliphatic heterocycles. The Balaban J connectivity index is 2.02. The number of anilines is 1. The molecule has 0 bridgehead atoms. The number of piperidine rings is 1. The zero-order valence-corrected chi connectivity index (χ0v) is 13.0. The summed E-state index contributed by atoms with van der Waals surface area (Å²) in [5, 5.41) is 0. The van der Waals surface area contributed by atoms with Crippen LogP contribution in [0.5, 0.6) is 5.75 Å². The van der Waals surface area contributed by atoms with E-state index in [4.69, 9.17) is 10.5 Å². The zero-order chi connectivity index (χ0) is 14.5. The summed E-state index contributed by atoms with van der Waals surface area (Å²) in [6.07, 6.45) is 2.19. The minimum Gasteiger partial charge on any atom is -0.494 e. The van der Waals surface area contributed by atoms with Crippen molar-refractivity contribution in [2.45, 2.75) is 39.7 Å². The molecule has 1 saturated heterocycles. The van der Waals surface area contributed by atoms with E-state index < -0.39 is 0 Å². The second kappa shape index (κ2) is 6.98. The normalized spacial score (nSPS) is 23.1. The molecule has 1 aromatic carbocycles. The molecule has 0 radical (unpaired) electrons. The van der Waals surface area contributed by atoms with Crippen LogP contribution in [-0.4, -0.2) is 25.7 Å². The first-order valence-electron chi connectivity index (χ1n) is 7.83. The van der Waals surface area contributed by atoms with Gasteiger partial charge in [0.15, 0.2) is 0 Å². The van der Waals surface area contributed by atoms with E-state index in [0.29, 0.717) is 11.8 Å². The Morgan fingerprint density at radius 2 is 1.95 bits per heavy atom. The quantitative estimate of drug-likeness (QED) is 0.897. The maximum atomic E-state index is 6.22.